The number of halogens is 2. The van der Waals surface area contributed by atoms with E-state index in [1.165, 1.54) is 5.56 Å². The predicted molar refractivity (Wildman–Crippen MR) is 71.5 cm³/mol. The van der Waals surface area contributed by atoms with Crippen molar-refractivity contribution in [2.75, 3.05) is 0 Å². The molecule has 88 valence electrons. The Kier molecular flexibility index (Phi) is 3.97. The summed E-state index contributed by atoms with van der Waals surface area (Å²) in [6, 6.07) is 9.99. The summed E-state index contributed by atoms with van der Waals surface area (Å²) < 4.78 is 0. The predicted octanol–water partition coefficient (Wildman–Crippen LogP) is 4.40. The molecule has 0 aliphatic rings. The number of aromatic nitrogens is 2. The van der Waals surface area contributed by atoms with Crippen molar-refractivity contribution < 1.29 is 0 Å². The van der Waals surface area contributed by atoms with Crippen LogP contribution in [0.1, 0.15) is 18.9 Å². The minimum absolute atomic E-state index is 0.349. The van der Waals surface area contributed by atoms with Crippen LogP contribution in [-0.2, 0) is 6.42 Å². The molecule has 17 heavy (non-hydrogen) atoms. The van der Waals surface area contributed by atoms with E-state index in [0.29, 0.717) is 10.3 Å². The molecule has 0 amide bonds. The summed E-state index contributed by atoms with van der Waals surface area (Å²) in [6.07, 6.45) is 2.23. The lowest BCUT2D eigenvalue weighted by atomic mass is 10.0. The van der Waals surface area contributed by atoms with Crippen LogP contribution in [0.2, 0.25) is 10.3 Å². The molecule has 0 fully saturated rings. The molecule has 0 bridgehead atoms. The van der Waals surface area contributed by atoms with Crippen molar-refractivity contribution in [3.8, 4) is 11.1 Å². The van der Waals surface area contributed by atoms with Crippen LogP contribution in [0.5, 0.6) is 0 Å². The van der Waals surface area contributed by atoms with Gasteiger partial charge in [0, 0.05) is 5.56 Å². The van der Waals surface area contributed by atoms with E-state index in [0.717, 1.165) is 24.0 Å². The third-order valence-corrected chi connectivity index (χ3v) is 2.99. The van der Waals surface area contributed by atoms with Gasteiger partial charge >= 0.3 is 0 Å². The maximum atomic E-state index is 6.00. The quantitative estimate of drug-likeness (QED) is 0.823. The van der Waals surface area contributed by atoms with E-state index in [1.54, 1.807) is 6.07 Å². The molecule has 2 nitrogen and oxygen atoms in total. The smallest absolute Gasteiger partial charge is 0.137 e. The molecule has 0 atom stereocenters. The molecule has 1 aromatic heterocycles. The Hall–Kier alpha value is -1.12. The van der Waals surface area contributed by atoms with Gasteiger partial charge in [-0.25, -0.2) is 0 Å². The van der Waals surface area contributed by atoms with Crippen LogP contribution < -0.4 is 0 Å². The summed E-state index contributed by atoms with van der Waals surface area (Å²) in [5.41, 5.74) is 3.14. The fraction of sp³-hybridized carbons (Fsp3) is 0.231. The van der Waals surface area contributed by atoms with E-state index in [9.17, 15) is 0 Å². The molecule has 0 saturated carbocycles. The molecular weight excluding hydrogens is 255 g/mol. The highest BCUT2D eigenvalue weighted by Gasteiger charge is 2.06. The van der Waals surface area contributed by atoms with E-state index in [-0.39, 0.29) is 0 Å². The molecule has 0 spiro atoms. The largest absolute Gasteiger partial charge is 0.159 e. The van der Waals surface area contributed by atoms with Crippen molar-refractivity contribution in [1.29, 1.82) is 0 Å². The normalized spacial score (nSPS) is 10.5. The molecule has 0 aliphatic heterocycles. The summed E-state index contributed by atoms with van der Waals surface area (Å²) in [5.74, 6) is 0. The first kappa shape index (κ1) is 12.3. The molecule has 0 unspecified atom stereocenters. The highest BCUT2D eigenvalue weighted by Crippen LogP contribution is 2.27. The molecule has 0 N–H and O–H groups in total. The van der Waals surface area contributed by atoms with E-state index >= 15 is 0 Å². The maximum Gasteiger partial charge on any atom is 0.159 e. The average Bonchev–Trinajstić information content (AvgIpc) is 2.34. The van der Waals surface area contributed by atoms with E-state index in [1.807, 2.05) is 12.1 Å². The minimum Gasteiger partial charge on any atom is -0.137 e. The van der Waals surface area contributed by atoms with Crippen molar-refractivity contribution in [1.82, 2.24) is 10.2 Å². The first-order valence-electron chi connectivity index (χ1n) is 5.48. The fourth-order valence-electron chi connectivity index (χ4n) is 1.70. The molecule has 2 aromatic rings. The van der Waals surface area contributed by atoms with Gasteiger partial charge in [-0.1, -0.05) is 60.8 Å². The number of hydrogen-bond acceptors (Lipinski definition) is 2. The van der Waals surface area contributed by atoms with E-state index in [2.05, 4.69) is 29.3 Å². The first-order valence-corrected chi connectivity index (χ1v) is 6.24. The second-order valence-electron chi connectivity index (χ2n) is 3.82. The molecule has 0 saturated heterocycles. The van der Waals surface area contributed by atoms with Gasteiger partial charge in [0.15, 0.2) is 10.3 Å². The van der Waals surface area contributed by atoms with Crippen molar-refractivity contribution in [2.24, 2.45) is 0 Å². The Morgan fingerprint density at radius 2 is 1.76 bits per heavy atom. The van der Waals surface area contributed by atoms with Crippen LogP contribution in [-0.4, -0.2) is 10.2 Å². The van der Waals surface area contributed by atoms with Gasteiger partial charge in [0.25, 0.3) is 0 Å². The van der Waals surface area contributed by atoms with Crippen molar-refractivity contribution in [3.05, 3.63) is 46.2 Å². The number of hydrogen-bond donors (Lipinski definition) is 0. The SMILES string of the molecule is CCCc1ccc(-c2cc(Cl)nnc2Cl)cc1. The Bertz CT molecular complexity index is 509. The van der Waals surface area contributed by atoms with Gasteiger partial charge in [-0.05, 0) is 23.6 Å². The lowest BCUT2D eigenvalue weighted by Gasteiger charge is -2.05. The summed E-state index contributed by atoms with van der Waals surface area (Å²) in [7, 11) is 0. The zero-order chi connectivity index (χ0) is 12.3. The summed E-state index contributed by atoms with van der Waals surface area (Å²) >= 11 is 11.8. The van der Waals surface area contributed by atoms with Crippen LogP contribution in [0.4, 0.5) is 0 Å². The van der Waals surface area contributed by atoms with Gasteiger partial charge in [0.1, 0.15) is 0 Å². The van der Waals surface area contributed by atoms with Crippen molar-refractivity contribution in [3.63, 3.8) is 0 Å². The Morgan fingerprint density at radius 1 is 1.06 bits per heavy atom. The van der Waals surface area contributed by atoms with E-state index < -0.39 is 0 Å². The fourth-order valence-corrected chi connectivity index (χ4v) is 2.04. The zero-order valence-corrected chi connectivity index (χ0v) is 11.0. The Labute approximate surface area is 111 Å². The molecule has 1 aromatic carbocycles. The second-order valence-corrected chi connectivity index (χ2v) is 4.56. The van der Waals surface area contributed by atoms with Crippen LogP contribution in [0.25, 0.3) is 11.1 Å². The second kappa shape index (κ2) is 5.48. The Morgan fingerprint density at radius 3 is 2.41 bits per heavy atom. The third-order valence-electron chi connectivity index (χ3n) is 2.52. The number of aryl methyl sites for hydroxylation is 1. The molecule has 2 rings (SSSR count). The Balaban J connectivity index is 2.36. The van der Waals surface area contributed by atoms with Gasteiger partial charge in [-0.2, -0.15) is 0 Å². The third kappa shape index (κ3) is 2.96. The van der Waals surface area contributed by atoms with Crippen molar-refractivity contribution in [2.45, 2.75) is 19.8 Å². The molecule has 1 heterocycles. The van der Waals surface area contributed by atoms with Crippen LogP contribution in [0, 0.1) is 0 Å². The van der Waals surface area contributed by atoms with Gasteiger partial charge < -0.3 is 0 Å². The lowest BCUT2D eigenvalue weighted by Crippen LogP contribution is -1.89. The van der Waals surface area contributed by atoms with Crippen LogP contribution >= 0.6 is 23.2 Å². The summed E-state index contributed by atoms with van der Waals surface area (Å²) in [6.45, 7) is 2.16. The van der Waals surface area contributed by atoms with Crippen LogP contribution in [0.3, 0.4) is 0 Å². The van der Waals surface area contributed by atoms with Gasteiger partial charge in [-0.3, -0.25) is 0 Å². The zero-order valence-electron chi connectivity index (χ0n) is 9.45. The standard InChI is InChI=1S/C13H12Cl2N2/c1-2-3-9-4-6-10(7-5-9)11-8-12(14)16-17-13(11)15/h4-8H,2-3H2,1H3. The molecule has 0 aliphatic carbocycles. The average molecular weight is 267 g/mol. The molecule has 0 radical (unpaired) electrons. The van der Waals surface area contributed by atoms with Gasteiger partial charge in [0.2, 0.25) is 0 Å². The highest BCUT2D eigenvalue weighted by atomic mass is 35.5. The van der Waals surface area contributed by atoms with Gasteiger partial charge in [-0.15, -0.1) is 10.2 Å². The monoisotopic (exact) mass is 266 g/mol. The number of rotatable bonds is 3. The van der Waals surface area contributed by atoms with Crippen LogP contribution in [0.15, 0.2) is 30.3 Å². The van der Waals surface area contributed by atoms with E-state index in [4.69, 9.17) is 23.2 Å². The molecular formula is C13H12Cl2N2. The van der Waals surface area contributed by atoms with Crippen molar-refractivity contribution >= 4 is 23.2 Å². The topological polar surface area (TPSA) is 25.8 Å². The lowest BCUT2D eigenvalue weighted by molar-refractivity contribution is 0.922. The highest BCUT2D eigenvalue weighted by molar-refractivity contribution is 6.33. The summed E-state index contributed by atoms with van der Waals surface area (Å²) in [4.78, 5) is 0. The number of nitrogens with zero attached hydrogens (tertiary/aromatic N) is 2. The number of benzene rings is 1. The summed E-state index contributed by atoms with van der Waals surface area (Å²) in [5, 5.41) is 8.21. The van der Waals surface area contributed by atoms with Gasteiger partial charge in [0.05, 0.1) is 0 Å². The first-order chi connectivity index (χ1) is 8.20. The maximum absolute atomic E-state index is 6.00. The minimum atomic E-state index is 0.349. The molecule has 4 heteroatoms.